The fourth-order valence-electron chi connectivity index (χ4n) is 3.51. The standard InChI is InChI=1S/C23H14ClF4N7O/c24-16-2-1-3-17(26)15(16)10-34-11-29-23(33-34)32-22(36)14-9-30-35-19(20(27)28)8-18(31-21(14)35)12-4-6-13(25)7-5-12/h1-9,11,20H,10H2,(H,32,33,36). The molecule has 8 nitrogen and oxygen atoms in total. The minimum atomic E-state index is -2.92. The zero-order valence-corrected chi connectivity index (χ0v) is 18.8. The van der Waals surface area contributed by atoms with E-state index in [2.05, 4.69) is 25.5 Å². The van der Waals surface area contributed by atoms with E-state index in [0.29, 0.717) is 5.56 Å². The lowest BCUT2D eigenvalue weighted by Gasteiger charge is -2.08. The van der Waals surface area contributed by atoms with Crippen LogP contribution in [-0.4, -0.2) is 35.3 Å². The number of nitrogens with zero attached hydrogens (tertiary/aromatic N) is 6. The first-order chi connectivity index (χ1) is 17.3. The van der Waals surface area contributed by atoms with Crippen molar-refractivity contribution in [2.24, 2.45) is 0 Å². The minimum absolute atomic E-state index is 0.0363. The third-order valence-electron chi connectivity index (χ3n) is 5.25. The largest absolute Gasteiger partial charge is 0.289 e. The molecule has 13 heteroatoms. The molecule has 0 unspecified atom stereocenters. The van der Waals surface area contributed by atoms with Gasteiger partial charge < -0.3 is 0 Å². The summed E-state index contributed by atoms with van der Waals surface area (Å²) in [5.74, 6) is -1.89. The number of aromatic nitrogens is 6. The van der Waals surface area contributed by atoms with Gasteiger partial charge in [-0.15, -0.1) is 5.10 Å². The molecule has 5 rings (SSSR count). The van der Waals surface area contributed by atoms with Crippen molar-refractivity contribution in [2.45, 2.75) is 13.0 Å². The number of rotatable bonds is 6. The Morgan fingerprint density at radius 3 is 2.61 bits per heavy atom. The maximum atomic E-state index is 14.0. The van der Waals surface area contributed by atoms with Crippen molar-refractivity contribution in [3.63, 3.8) is 0 Å². The SMILES string of the molecule is O=C(Nc1ncn(Cc2c(F)cccc2Cl)n1)c1cnn2c(C(F)F)cc(-c3ccc(F)cc3)nc12. The van der Waals surface area contributed by atoms with Crippen LogP contribution in [0, 0.1) is 11.6 Å². The molecule has 36 heavy (non-hydrogen) atoms. The zero-order valence-electron chi connectivity index (χ0n) is 18.0. The average molecular weight is 516 g/mol. The predicted molar refractivity (Wildman–Crippen MR) is 122 cm³/mol. The molecule has 0 bridgehead atoms. The molecule has 1 amide bonds. The van der Waals surface area contributed by atoms with Crippen LogP contribution in [0.1, 0.15) is 28.0 Å². The second-order valence-corrected chi connectivity index (χ2v) is 7.99. The van der Waals surface area contributed by atoms with Crippen LogP contribution in [0.2, 0.25) is 5.02 Å². The van der Waals surface area contributed by atoms with Crippen molar-refractivity contribution in [1.29, 1.82) is 0 Å². The molecule has 0 spiro atoms. The van der Waals surface area contributed by atoms with E-state index in [1.54, 1.807) is 0 Å². The van der Waals surface area contributed by atoms with Gasteiger partial charge in [-0.1, -0.05) is 17.7 Å². The lowest BCUT2D eigenvalue weighted by Crippen LogP contribution is -2.14. The van der Waals surface area contributed by atoms with Crippen molar-refractivity contribution in [3.05, 3.63) is 94.5 Å². The molecular weight excluding hydrogens is 502 g/mol. The molecule has 3 heterocycles. The Bertz CT molecular complexity index is 1560. The number of fused-ring (bicyclic) bond motifs is 1. The number of nitrogens with one attached hydrogen (secondary N) is 1. The Kier molecular flexibility index (Phi) is 6.10. The van der Waals surface area contributed by atoms with Gasteiger partial charge in [-0.3, -0.25) is 10.1 Å². The second kappa shape index (κ2) is 9.38. The van der Waals surface area contributed by atoms with E-state index >= 15 is 0 Å². The molecule has 182 valence electrons. The van der Waals surface area contributed by atoms with Gasteiger partial charge in [0, 0.05) is 16.1 Å². The van der Waals surface area contributed by atoms with Crippen LogP contribution in [-0.2, 0) is 6.54 Å². The van der Waals surface area contributed by atoms with Crippen LogP contribution in [0.4, 0.5) is 23.5 Å². The summed E-state index contributed by atoms with van der Waals surface area (Å²) in [7, 11) is 0. The average Bonchev–Trinajstić information content (AvgIpc) is 3.48. The molecule has 0 fully saturated rings. The molecule has 5 aromatic rings. The fourth-order valence-corrected chi connectivity index (χ4v) is 3.74. The summed E-state index contributed by atoms with van der Waals surface area (Å²) < 4.78 is 57.0. The van der Waals surface area contributed by atoms with Crippen LogP contribution in [0.3, 0.4) is 0 Å². The van der Waals surface area contributed by atoms with Crippen LogP contribution in [0.15, 0.2) is 61.1 Å². The molecule has 3 aromatic heterocycles. The van der Waals surface area contributed by atoms with Gasteiger partial charge in [-0.05, 0) is 42.5 Å². The number of amides is 1. The Labute approximate surface area is 205 Å². The van der Waals surface area contributed by atoms with Gasteiger partial charge in [0.15, 0.2) is 5.65 Å². The van der Waals surface area contributed by atoms with Gasteiger partial charge in [0.05, 0.1) is 18.4 Å². The number of hydrogen-bond acceptors (Lipinski definition) is 5. The highest BCUT2D eigenvalue weighted by Crippen LogP contribution is 2.27. The summed E-state index contributed by atoms with van der Waals surface area (Å²) in [6.07, 6.45) is -0.560. The molecule has 0 radical (unpaired) electrons. The number of benzene rings is 2. The molecular formula is C23H14ClF4N7O. The zero-order chi connectivity index (χ0) is 25.4. The smallest absolute Gasteiger partial charge is 0.280 e. The van der Waals surface area contributed by atoms with Crippen molar-refractivity contribution in [1.82, 2.24) is 29.4 Å². The van der Waals surface area contributed by atoms with E-state index in [1.807, 2.05) is 0 Å². The summed E-state index contributed by atoms with van der Waals surface area (Å²) in [5.41, 5.74) is -0.0715. The molecule has 1 N–H and O–H groups in total. The fraction of sp³-hybridized carbons (Fsp3) is 0.0870. The highest BCUT2D eigenvalue weighted by atomic mass is 35.5. The molecule has 0 aliphatic heterocycles. The third kappa shape index (κ3) is 4.50. The van der Waals surface area contributed by atoms with E-state index in [0.717, 1.165) is 16.8 Å². The van der Waals surface area contributed by atoms with Crippen molar-refractivity contribution in [3.8, 4) is 11.3 Å². The number of carbonyl (C=O) groups excluding carboxylic acids is 1. The maximum absolute atomic E-state index is 14.0. The van der Waals surface area contributed by atoms with Gasteiger partial charge in [0.2, 0.25) is 5.95 Å². The Morgan fingerprint density at radius 1 is 1.11 bits per heavy atom. The minimum Gasteiger partial charge on any atom is -0.289 e. The van der Waals surface area contributed by atoms with Crippen molar-refractivity contribution >= 4 is 29.1 Å². The first-order valence-electron chi connectivity index (χ1n) is 10.4. The number of anilines is 1. The van der Waals surface area contributed by atoms with Crippen LogP contribution < -0.4 is 5.32 Å². The maximum Gasteiger partial charge on any atom is 0.280 e. The van der Waals surface area contributed by atoms with E-state index in [9.17, 15) is 22.4 Å². The first kappa shape index (κ1) is 23.4. The first-order valence-corrected chi connectivity index (χ1v) is 10.7. The van der Waals surface area contributed by atoms with Crippen molar-refractivity contribution in [2.75, 3.05) is 5.32 Å². The summed E-state index contributed by atoms with van der Waals surface area (Å²) in [6.45, 7) is -0.0363. The highest BCUT2D eigenvalue weighted by Gasteiger charge is 2.22. The predicted octanol–water partition coefficient (Wildman–Crippen LogP) is 5.16. The quantitative estimate of drug-likeness (QED) is 0.316. The topological polar surface area (TPSA) is 90.0 Å². The van der Waals surface area contributed by atoms with Crippen LogP contribution >= 0.6 is 11.6 Å². The molecule has 0 saturated carbocycles. The summed E-state index contributed by atoms with van der Waals surface area (Å²) in [6, 6.07) is 10.5. The van der Waals surface area contributed by atoms with Crippen LogP contribution in [0.5, 0.6) is 0 Å². The Balaban J connectivity index is 1.44. The lowest BCUT2D eigenvalue weighted by molar-refractivity contribution is 0.102. The summed E-state index contributed by atoms with van der Waals surface area (Å²) in [4.78, 5) is 21.2. The van der Waals surface area contributed by atoms with Gasteiger partial charge >= 0.3 is 0 Å². The van der Waals surface area contributed by atoms with E-state index in [-0.39, 0.29) is 40.0 Å². The highest BCUT2D eigenvalue weighted by molar-refractivity contribution is 6.31. The van der Waals surface area contributed by atoms with Crippen LogP contribution in [0.25, 0.3) is 16.9 Å². The third-order valence-corrected chi connectivity index (χ3v) is 5.61. The normalized spacial score (nSPS) is 11.4. The van der Waals surface area contributed by atoms with E-state index < -0.39 is 29.7 Å². The lowest BCUT2D eigenvalue weighted by atomic mass is 10.1. The van der Waals surface area contributed by atoms with Gasteiger partial charge in [-0.2, -0.15) is 5.10 Å². The number of halogens is 5. The summed E-state index contributed by atoms with van der Waals surface area (Å²) in [5, 5.41) is 10.6. The molecule has 0 aliphatic carbocycles. The Morgan fingerprint density at radius 2 is 1.89 bits per heavy atom. The number of alkyl halides is 2. The van der Waals surface area contributed by atoms with Gasteiger partial charge in [-0.25, -0.2) is 36.7 Å². The summed E-state index contributed by atoms with van der Waals surface area (Å²) >= 11 is 6.03. The second-order valence-electron chi connectivity index (χ2n) is 7.59. The molecule has 2 aromatic carbocycles. The van der Waals surface area contributed by atoms with Crippen molar-refractivity contribution < 1.29 is 22.4 Å². The number of carbonyl (C=O) groups is 1. The number of hydrogen-bond donors (Lipinski definition) is 1. The van der Waals surface area contributed by atoms with E-state index in [1.165, 1.54) is 53.5 Å². The van der Waals surface area contributed by atoms with E-state index in [4.69, 9.17) is 11.6 Å². The van der Waals surface area contributed by atoms with Gasteiger partial charge in [0.1, 0.15) is 29.2 Å². The van der Waals surface area contributed by atoms with Gasteiger partial charge in [0.25, 0.3) is 12.3 Å². The molecule has 0 saturated heterocycles. The molecule has 0 aliphatic rings. The monoisotopic (exact) mass is 515 g/mol. The molecule has 0 atom stereocenters. The Hall–Kier alpha value is -4.32.